The number of nitrogens with one attached hydrogen (secondary N) is 1. The van der Waals surface area contributed by atoms with Gasteiger partial charge in [0.15, 0.2) is 5.96 Å². The zero-order valence-corrected chi connectivity index (χ0v) is 5.60. The van der Waals surface area contributed by atoms with Gasteiger partial charge in [-0.15, -0.1) is 0 Å². The van der Waals surface area contributed by atoms with E-state index < -0.39 is 0 Å². The normalized spacial score (nSPS) is 7.50. The first-order valence-electron chi connectivity index (χ1n) is 2.17. The van der Waals surface area contributed by atoms with Gasteiger partial charge in [0.25, 0.3) is 0 Å². The molecule has 50 valence electrons. The SMILES string of the molecule is CN(C)C.N=C(N)N. The molecule has 0 saturated carbocycles. The third kappa shape index (κ3) is 158. The Kier molecular flexibility index (Phi) is 7.99. The second-order valence-electron chi connectivity index (χ2n) is 1.80. The molecule has 4 heteroatoms. The van der Waals surface area contributed by atoms with Gasteiger partial charge in [-0.25, -0.2) is 0 Å². The first-order valence-corrected chi connectivity index (χ1v) is 2.17. The largest absolute Gasteiger partial charge is 0.370 e. The van der Waals surface area contributed by atoms with Crippen molar-refractivity contribution in [1.82, 2.24) is 4.90 Å². The molecule has 0 aromatic rings. The highest BCUT2D eigenvalue weighted by atomic mass is 15.0. The van der Waals surface area contributed by atoms with Crippen molar-refractivity contribution in [1.29, 1.82) is 5.41 Å². The van der Waals surface area contributed by atoms with Crippen LogP contribution in [0.3, 0.4) is 0 Å². The number of hydrogen-bond donors (Lipinski definition) is 3. The van der Waals surface area contributed by atoms with Gasteiger partial charge in [-0.3, -0.25) is 5.41 Å². The number of nitrogens with zero attached hydrogens (tertiary/aromatic N) is 1. The molecular formula is C4H14N4. The summed E-state index contributed by atoms with van der Waals surface area (Å²) in [6.45, 7) is 0. The molecule has 0 atom stereocenters. The van der Waals surface area contributed by atoms with Crippen molar-refractivity contribution in [3.8, 4) is 0 Å². The van der Waals surface area contributed by atoms with Crippen LogP contribution in [0.2, 0.25) is 0 Å². The van der Waals surface area contributed by atoms with Crippen LogP contribution in [0.25, 0.3) is 0 Å². The summed E-state index contributed by atoms with van der Waals surface area (Å²) in [7, 11) is 6.00. The summed E-state index contributed by atoms with van der Waals surface area (Å²) < 4.78 is 0. The summed E-state index contributed by atoms with van der Waals surface area (Å²) in [5.41, 5.74) is 8.94. The monoisotopic (exact) mass is 118 g/mol. The van der Waals surface area contributed by atoms with E-state index in [1.807, 2.05) is 26.0 Å². The molecule has 0 spiro atoms. The Morgan fingerprint density at radius 2 is 1.25 bits per heavy atom. The fourth-order valence-corrected chi connectivity index (χ4v) is 0. The average Bonchev–Trinajstić information content (AvgIpc) is 1.25. The van der Waals surface area contributed by atoms with Gasteiger partial charge in [0, 0.05) is 0 Å². The molecule has 0 aliphatic carbocycles. The van der Waals surface area contributed by atoms with Crippen molar-refractivity contribution < 1.29 is 0 Å². The van der Waals surface area contributed by atoms with Gasteiger partial charge < -0.3 is 16.4 Å². The highest BCUT2D eigenvalue weighted by molar-refractivity contribution is 5.71. The van der Waals surface area contributed by atoms with Gasteiger partial charge in [0.05, 0.1) is 0 Å². The van der Waals surface area contributed by atoms with Crippen molar-refractivity contribution >= 4 is 5.96 Å². The Hall–Kier alpha value is -0.770. The van der Waals surface area contributed by atoms with E-state index in [4.69, 9.17) is 5.41 Å². The quantitative estimate of drug-likeness (QED) is 0.282. The first kappa shape index (κ1) is 10.3. The smallest absolute Gasteiger partial charge is 0.183 e. The molecule has 0 heterocycles. The minimum absolute atomic E-state index is 0.333. The van der Waals surface area contributed by atoms with Crippen molar-refractivity contribution in [2.24, 2.45) is 11.5 Å². The molecule has 0 radical (unpaired) electrons. The van der Waals surface area contributed by atoms with Gasteiger partial charge >= 0.3 is 0 Å². The highest BCUT2D eigenvalue weighted by Gasteiger charge is 1.58. The molecule has 0 aromatic carbocycles. The third-order valence-electron chi connectivity index (χ3n) is 0. The maximum Gasteiger partial charge on any atom is 0.183 e. The second-order valence-corrected chi connectivity index (χ2v) is 1.80. The Balaban J connectivity index is 0. The standard InChI is InChI=1S/C3H9N.CH5N3/c1-4(2)3;2-1(3)4/h1-3H3;(H5,2,3,4). The zero-order valence-electron chi connectivity index (χ0n) is 5.60. The highest BCUT2D eigenvalue weighted by Crippen LogP contribution is 1.47. The summed E-state index contributed by atoms with van der Waals surface area (Å²) >= 11 is 0. The lowest BCUT2D eigenvalue weighted by atomic mass is 11.0. The van der Waals surface area contributed by atoms with Crippen LogP contribution in [0.15, 0.2) is 0 Å². The van der Waals surface area contributed by atoms with Crippen LogP contribution in [-0.4, -0.2) is 32.0 Å². The van der Waals surface area contributed by atoms with Crippen molar-refractivity contribution in [2.75, 3.05) is 21.1 Å². The molecule has 0 saturated heterocycles. The summed E-state index contributed by atoms with van der Waals surface area (Å²) in [6.07, 6.45) is 0. The molecule has 4 nitrogen and oxygen atoms in total. The van der Waals surface area contributed by atoms with E-state index in [1.165, 1.54) is 0 Å². The van der Waals surface area contributed by atoms with E-state index in [1.54, 1.807) is 0 Å². The van der Waals surface area contributed by atoms with Crippen molar-refractivity contribution in [2.45, 2.75) is 0 Å². The number of hydrogen-bond acceptors (Lipinski definition) is 2. The minimum atomic E-state index is -0.333. The molecular weight excluding hydrogens is 104 g/mol. The fraction of sp³-hybridized carbons (Fsp3) is 0.750. The van der Waals surface area contributed by atoms with Gasteiger partial charge in [-0.05, 0) is 21.1 Å². The molecule has 0 fully saturated rings. The molecule has 0 rings (SSSR count). The molecule has 0 unspecified atom stereocenters. The lowest BCUT2D eigenvalue weighted by Gasteiger charge is -1.90. The maximum atomic E-state index is 6.06. The fourth-order valence-electron chi connectivity index (χ4n) is 0. The van der Waals surface area contributed by atoms with Crippen LogP contribution < -0.4 is 11.5 Å². The van der Waals surface area contributed by atoms with Crippen LogP contribution in [0.1, 0.15) is 0 Å². The number of nitrogens with two attached hydrogens (primary N) is 2. The van der Waals surface area contributed by atoms with Gasteiger partial charge in [-0.1, -0.05) is 0 Å². The Morgan fingerprint density at radius 3 is 1.25 bits per heavy atom. The average molecular weight is 118 g/mol. The van der Waals surface area contributed by atoms with Gasteiger partial charge in [0.1, 0.15) is 0 Å². The van der Waals surface area contributed by atoms with E-state index in [9.17, 15) is 0 Å². The Morgan fingerprint density at radius 1 is 1.25 bits per heavy atom. The second kappa shape index (κ2) is 6.23. The number of rotatable bonds is 0. The molecule has 5 N–H and O–H groups in total. The summed E-state index contributed by atoms with van der Waals surface area (Å²) in [6, 6.07) is 0. The van der Waals surface area contributed by atoms with Crippen LogP contribution >= 0.6 is 0 Å². The van der Waals surface area contributed by atoms with Crippen molar-refractivity contribution in [3.63, 3.8) is 0 Å². The predicted octanol–water partition coefficient (Wildman–Crippen LogP) is -0.984. The van der Waals surface area contributed by atoms with Gasteiger partial charge in [-0.2, -0.15) is 0 Å². The van der Waals surface area contributed by atoms with E-state index >= 15 is 0 Å². The minimum Gasteiger partial charge on any atom is -0.370 e. The molecule has 0 aliphatic rings. The summed E-state index contributed by atoms with van der Waals surface area (Å²) in [5, 5.41) is 6.06. The molecule has 8 heavy (non-hydrogen) atoms. The number of guanidine groups is 1. The van der Waals surface area contributed by atoms with E-state index in [0.717, 1.165) is 0 Å². The maximum absolute atomic E-state index is 6.06. The molecule has 0 bridgehead atoms. The lowest BCUT2D eigenvalue weighted by Crippen LogP contribution is -2.20. The molecule has 0 aliphatic heterocycles. The van der Waals surface area contributed by atoms with E-state index in [0.29, 0.717) is 0 Å². The Labute approximate surface area is 50.0 Å². The zero-order chi connectivity index (χ0) is 7.15. The van der Waals surface area contributed by atoms with E-state index in [2.05, 4.69) is 11.5 Å². The predicted molar refractivity (Wildman–Crippen MR) is 35.7 cm³/mol. The molecule has 0 amide bonds. The van der Waals surface area contributed by atoms with Crippen LogP contribution in [-0.2, 0) is 0 Å². The van der Waals surface area contributed by atoms with E-state index in [-0.39, 0.29) is 5.96 Å². The first-order chi connectivity index (χ1) is 3.46. The summed E-state index contributed by atoms with van der Waals surface area (Å²) in [5.74, 6) is -0.333. The molecule has 0 aromatic heterocycles. The van der Waals surface area contributed by atoms with Gasteiger partial charge in [0.2, 0.25) is 0 Å². The third-order valence-corrected chi connectivity index (χ3v) is 0. The van der Waals surface area contributed by atoms with Crippen molar-refractivity contribution in [3.05, 3.63) is 0 Å². The topological polar surface area (TPSA) is 79.1 Å². The van der Waals surface area contributed by atoms with Crippen LogP contribution in [0, 0.1) is 5.41 Å². The van der Waals surface area contributed by atoms with Crippen LogP contribution in [0.4, 0.5) is 0 Å². The lowest BCUT2D eigenvalue weighted by molar-refractivity contribution is 0.505. The van der Waals surface area contributed by atoms with Crippen LogP contribution in [0.5, 0.6) is 0 Å². The Bertz CT molecular complexity index is 52.3. The summed E-state index contributed by atoms with van der Waals surface area (Å²) in [4.78, 5) is 2.00.